The molecule has 0 aromatic heterocycles. The fourth-order valence-electron chi connectivity index (χ4n) is 2.86. The van der Waals surface area contributed by atoms with Gasteiger partial charge < -0.3 is 20.4 Å². The first-order chi connectivity index (χ1) is 10.8. The summed E-state index contributed by atoms with van der Waals surface area (Å²) in [6.07, 6.45) is 0. The van der Waals surface area contributed by atoms with Crippen molar-refractivity contribution in [2.45, 2.75) is 0 Å². The van der Waals surface area contributed by atoms with Crippen LogP contribution in [0.4, 0.5) is 0 Å². The van der Waals surface area contributed by atoms with Crippen molar-refractivity contribution >= 4 is 11.8 Å². The minimum atomic E-state index is 0.0441. The van der Waals surface area contributed by atoms with E-state index in [1.807, 2.05) is 9.80 Å². The number of nitrogens with zero attached hydrogens (tertiary/aromatic N) is 2. The summed E-state index contributed by atoms with van der Waals surface area (Å²) < 4.78 is 0. The van der Waals surface area contributed by atoms with Gasteiger partial charge in [-0.1, -0.05) is 0 Å². The number of nitrogens with one attached hydrogen (secondary N) is 2. The molecule has 2 amide bonds. The zero-order valence-electron chi connectivity index (χ0n) is 12.7. The van der Waals surface area contributed by atoms with Gasteiger partial charge >= 0.3 is 0 Å². The van der Waals surface area contributed by atoms with Crippen LogP contribution in [-0.4, -0.2) is 74.0 Å². The van der Waals surface area contributed by atoms with Crippen LogP contribution >= 0.6 is 0 Å². The monoisotopic (exact) mass is 302 g/mol. The highest BCUT2D eigenvalue weighted by atomic mass is 16.2. The van der Waals surface area contributed by atoms with Crippen LogP contribution in [0.1, 0.15) is 20.7 Å². The SMILES string of the molecule is O=C(c1ccc(C(=O)N2CCNCC2)cc1)N1CCNCC1. The number of carbonyl (C=O) groups excluding carboxylic acids is 2. The lowest BCUT2D eigenvalue weighted by Crippen LogP contribution is -2.46. The Balaban J connectivity index is 1.66. The van der Waals surface area contributed by atoms with E-state index in [2.05, 4.69) is 10.6 Å². The molecule has 2 saturated heterocycles. The van der Waals surface area contributed by atoms with Crippen LogP contribution in [0, 0.1) is 0 Å². The fourth-order valence-corrected chi connectivity index (χ4v) is 2.86. The standard InChI is InChI=1S/C16H22N4O2/c21-15(19-9-5-17-6-10-19)13-1-2-14(4-3-13)16(22)20-11-7-18-8-12-20/h1-4,17-18H,5-12H2. The van der Waals surface area contributed by atoms with E-state index in [0.717, 1.165) is 52.4 Å². The van der Waals surface area contributed by atoms with Crippen LogP contribution in [-0.2, 0) is 0 Å². The van der Waals surface area contributed by atoms with Crippen molar-refractivity contribution in [3.05, 3.63) is 35.4 Å². The molecule has 22 heavy (non-hydrogen) atoms. The average molecular weight is 302 g/mol. The molecular formula is C16H22N4O2. The highest BCUT2D eigenvalue weighted by molar-refractivity contribution is 5.98. The highest BCUT2D eigenvalue weighted by Gasteiger charge is 2.20. The van der Waals surface area contributed by atoms with Crippen LogP contribution in [0.3, 0.4) is 0 Å². The van der Waals surface area contributed by atoms with Crippen molar-refractivity contribution in [1.29, 1.82) is 0 Å². The zero-order valence-corrected chi connectivity index (χ0v) is 12.7. The summed E-state index contributed by atoms with van der Waals surface area (Å²) in [4.78, 5) is 28.5. The smallest absolute Gasteiger partial charge is 0.253 e. The molecule has 0 atom stereocenters. The first kappa shape index (κ1) is 15.0. The first-order valence-corrected chi connectivity index (χ1v) is 7.86. The molecule has 1 aromatic rings. The normalized spacial score (nSPS) is 19.1. The van der Waals surface area contributed by atoms with E-state index in [9.17, 15) is 9.59 Å². The maximum Gasteiger partial charge on any atom is 0.253 e. The topological polar surface area (TPSA) is 64.7 Å². The largest absolute Gasteiger partial charge is 0.336 e. The number of piperazine rings is 2. The van der Waals surface area contributed by atoms with Gasteiger partial charge in [0.2, 0.25) is 0 Å². The van der Waals surface area contributed by atoms with Gasteiger partial charge in [-0.05, 0) is 24.3 Å². The maximum atomic E-state index is 12.4. The van der Waals surface area contributed by atoms with Gasteiger partial charge in [0.25, 0.3) is 11.8 Å². The summed E-state index contributed by atoms with van der Waals surface area (Å²) in [7, 11) is 0. The number of hydrogen-bond donors (Lipinski definition) is 2. The molecule has 0 aliphatic carbocycles. The van der Waals surface area contributed by atoms with E-state index in [4.69, 9.17) is 0 Å². The van der Waals surface area contributed by atoms with Crippen LogP contribution < -0.4 is 10.6 Å². The third-order valence-electron chi connectivity index (χ3n) is 4.19. The Bertz CT molecular complexity index is 483. The number of benzene rings is 1. The molecule has 0 spiro atoms. The summed E-state index contributed by atoms with van der Waals surface area (Å²) in [5, 5.41) is 6.46. The van der Waals surface area contributed by atoms with Crippen LogP contribution in [0.5, 0.6) is 0 Å². The Kier molecular flexibility index (Phi) is 4.70. The van der Waals surface area contributed by atoms with Gasteiger partial charge in [-0.25, -0.2) is 0 Å². The van der Waals surface area contributed by atoms with Crippen molar-refractivity contribution in [1.82, 2.24) is 20.4 Å². The van der Waals surface area contributed by atoms with Crippen LogP contribution in [0.2, 0.25) is 0 Å². The third-order valence-corrected chi connectivity index (χ3v) is 4.19. The van der Waals surface area contributed by atoms with Gasteiger partial charge in [-0.2, -0.15) is 0 Å². The van der Waals surface area contributed by atoms with Crippen LogP contribution in [0.15, 0.2) is 24.3 Å². The minimum Gasteiger partial charge on any atom is -0.336 e. The molecule has 0 bridgehead atoms. The van der Waals surface area contributed by atoms with E-state index >= 15 is 0 Å². The Hall–Kier alpha value is -1.92. The summed E-state index contributed by atoms with van der Waals surface area (Å²) in [6, 6.07) is 7.05. The lowest BCUT2D eigenvalue weighted by atomic mass is 10.1. The van der Waals surface area contributed by atoms with Crippen molar-refractivity contribution in [2.24, 2.45) is 0 Å². The molecule has 2 fully saturated rings. The molecule has 0 saturated carbocycles. The van der Waals surface area contributed by atoms with Crippen molar-refractivity contribution in [3.63, 3.8) is 0 Å². The zero-order chi connectivity index (χ0) is 15.4. The minimum absolute atomic E-state index is 0.0441. The second-order valence-corrected chi connectivity index (χ2v) is 5.66. The Morgan fingerprint density at radius 3 is 1.32 bits per heavy atom. The van der Waals surface area contributed by atoms with Crippen molar-refractivity contribution in [2.75, 3.05) is 52.4 Å². The van der Waals surface area contributed by atoms with E-state index in [1.165, 1.54) is 0 Å². The molecule has 2 aliphatic rings. The summed E-state index contributed by atoms with van der Waals surface area (Å²) >= 11 is 0. The molecule has 3 rings (SSSR count). The van der Waals surface area contributed by atoms with Gasteiger partial charge in [0.1, 0.15) is 0 Å². The molecular weight excluding hydrogens is 280 g/mol. The van der Waals surface area contributed by atoms with Gasteiger partial charge in [-0.15, -0.1) is 0 Å². The Morgan fingerprint density at radius 1 is 0.682 bits per heavy atom. The molecule has 2 heterocycles. The number of hydrogen-bond acceptors (Lipinski definition) is 4. The predicted octanol–water partition coefficient (Wildman–Crippen LogP) is -0.223. The second-order valence-electron chi connectivity index (χ2n) is 5.66. The van der Waals surface area contributed by atoms with E-state index < -0.39 is 0 Å². The Labute approximate surface area is 130 Å². The quantitative estimate of drug-likeness (QED) is 0.793. The highest BCUT2D eigenvalue weighted by Crippen LogP contribution is 2.11. The molecule has 2 N–H and O–H groups in total. The Morgan fingerprint density at radius 2 is 1.00 bits per heavy atom. The molecule has 6 nitrogen and oxygen atoms in total. The predicted molar refractivity (Wildman–Crippen MR) is 84.0 cm³/mol. The molecule has 6 heteroatoms. The van der Waals surface area contributed by atoms with E-state index in [1.54, 1.807) is 24.3 Å². The van der Waals surface area contributed by atoms with Gasteiger partial charge in [0, 0.05) is 63.5 Å². The lowest BCUT2D eigenvalue weighted by Gasteiger charge is -2.28. The summed E-state index contributed by atoms with van der Waals surface area (Å²) in [6.45, 7) is 6.30. The van der Waals surface area contributed by atoms with Gasteiger partial charge in [-0.3, -0.25) is 9.59 Å². The van der Waals surface area contributed by atoms with Crippen molar-refractivity contribution < 1.29 is 9.59 Å². The summed E-state index contributed by atoms with van der Waals surface area (Å²) in [5.74, 6) is 0.0883. The molecule has 1 aromatic carbocycles. The molecule has 0 unspecified atom stereocenters. The third kappa shape index (κ3) is 3.28. The molecule has 0 radical (unpaired) electrons. The second kappa shape index (κ2) is 6.89. The van der Waals surface area contributed by atoms with Crippen LogP contribution in [0.25, 0.3) is 0 Å². The summed E-state index contributed by atoms with van der Waals surface area (Å²) in [5.41, 5.74) is 1.30. The maximum absolute atomic E-state index is 12.4. The number of amides is 2. The van der Waals surface area contributed by atoms with Gasteiger partial charge in [0.05, 0.1) is 0 Å². The van der Waals surface area contributed by atoms with E-state index in [-0.39, 0.29) is 11.8 Å². The molecule has 118 valence electrons. The number of rotatable bonds is 2. The van der Waals surface area contributed by atoms with E-state index in [0.29, 0.717) is 11.1 Å². The lowest BCUT2D eigenvalue weighted by molar-refractivity contribution is 0.0724. The number of carbonyl (C=O) groups is 2. The van der Waals surface area contributed by atoms with Crippen molar-refractivity contribution in [3.8, 4) is 0 Å². The van der Waals surface area contributed by atoms with Gasteiger partial charge in [0.15, 0.2) is 0 Å². The fraction of sp³-hybridized carbons (Fsp3) is 0.500. The first-order valence-electron chi connectivity index (χ1n) is 7.86. The average Bonchev–Trinajstić information content (AvgIpc) is 2.62. The molecule has 2 aliphatic heterocycles.